The van der Waals surface area contributed by atoms with Gasteiger partial charge in [-0.2, -0.15) is 0 Å². The van der Waals surface area contributed by atoms with Crippen molar-refractivity contribution < 1.29 is 19.8 Å². The molecule has 8 heteroatoms. The number of rotatable bonds is 8. The highest BCUT2D eigenvalue weighted by atomic mass is 35.5. The summed E-state index contributed by atoms with van der Waals surface area (Å²) in [6.07, 6.45) is 1.85. The minimum Gasteiger partial charge on any atom is -0.478 e. The van der Waals surface area contributed by atoms with Crippen LogP contribution in [-0.2, 0) is 0 Å². The van der Waals surface area contributed by atoms with E-state index in [1.807, 2.05) is 0 Å². The van der Waals surface area contributed by atoms with E-state index in [0.717, 1.165) is 32.0 Å². The van der Waals surface area contributed by atoms with E-state index in [9.17, 15) is 14.7 Å². The van der Waals surface area contributed by atoms with Crippen LogP contribution < -0.4 is 4.90 Å². The third-order valence-corrected chi connectivity index (χ3v) is 4.46. The summed E-state index contributed by atoms with van der Waals surface area (Å²) in [6, 6.07) is 3.93. The van der Waals surface area contributed by atoms with Gasteiger partial charge >= 0.3 is 11.9 Å². The topological polar surface area (TPSA) is 95.7 Å². The Morgan fingerprint density at radius 3 is 2.27 bits per heavy atom. The van der Waals surface area contributed by atoms with Crippen LogP contribution in [0.3, 0.4) is 0 Å². The number of anilines is 1. The SMILES string of the molecule is CCCN(CCC)c1nn(-c2ccc(C(=O)O)cc2C(=O)O)c(C)c1Cl. The second-order valence-corrected chi connectivity index (χ2v) is 6.34. The van der Waals surface area contributed by atoms with Gasteiger partial charge in [-0.15, -0.1) is 5.10 Å². The number of hydrogen-bond donors (Lipinski definition) is 2. The molecule has 0 aliphatic carbocycles. The first-order valence-electron chi connectivity index (χ1n) is 8.42. The van der Waals surface area contributed by atoms with Gasteiger partial charge in [0.25, 0.3) is 0 Å². The number of aromatic carboxylic acids is 2. The maximum atomic E-state index is 11.6. The lowest BCUT2D eigenvalue weighted by atomic mass is 10.1. The molecular weight excluding hydrogens is 358 g/mol. The van der Waals surface area contributed by atoms with E-state index in [4.69, 9.17) is 16.7 Å². The average molecular weight is 380 g/mol. The molecule has 0 bridgehead atoms. The first-order valence-corrected chi connectivity index (χ1v) is 8.80. The third-order valence-electron chi connectivity index (χ3n) is 4.02. The molecule has 2 rings (SSSR count). The quantitative estimate of drug-likeness (QED) is 0.723. The van der Waals surface area contributed by atoms with Crippen LogP contribution >= 0.6 is 11.6 Å². The fourth-order valence-corrected chi connectivity index (χ4v) is 3.03. The summed E-state index contributed by atoms with van der Waals surface area (Å²) in [5.41, 5.74) is 0.641. The van der Waals surface area contributed by atoms with Crippen LogP contribution in [0.1, 0.15) is 53.1 Å². The lowest BCUT2D eigenvalue weighted by molar-refractivity contribution is 0.0695. The molecule has 0 saturated carbocycles. The zero-order valence-electron chi connectivity index (χ0n) is 15.0. The monoisotopic (exact) mass is 379 g/mol. The van der Waals surface area contributed by atoms with E-state index < -0.39 is 11.9 Å². The maximum Gasteiger partial charge on any atom is 0.337 e. The van der Waals surface area contributed by atoms with Gasteiger partial charge in [-0.05, 0) is 38.0 Å². The van der Waals surface area contributed by atoms with E-state index in [-0.39, 0.29) is 16.8 Å². The molecule has 1 aromatic heterocycles. The molecule has 26 heavy (non-hydrogen) atoms. The van der Waals surface area contributed by atoms with Crippen LogP contribution in [0.15, 0.2) is 18.2 Å². The predicted octanol–water partition coefficient (Wildman–Crippen LogP) is 3.86. The number of carboxylic acids is 2. The van der Waals surface area contributed by atoms with Gasteiger partial charge in [0.1, 0.15) is 5.02 Å². The summed E-state index contributed by atoms with van der Waals surface area (Å²) >= 11 is 6.48. The van der Waals surface area contributed by atoms with Crippen LogP contribution in [-0.4, -0.2) is 45.0 Å². The van der Waals surface area contributed by atoms with Gasteiger partial charge < -0.3 is 15.1 Å². The fourth-order valence-electron chi connectivity index (χ4n) is 2.79. The summed E-state index contributed by atoms with van der Waals surface area (Å²) in [5, 5.41) is 23.6. The Morgan fingerprint density at radius 1 is 1.15 bits per heavy atom. The van der Waals surface area contributed by atoms with Gasteiger partial charge in [0.05, 0.1) is 22.5 Å². The van der Waals surface area contributed by atoms with Gasteiger partial charge in [0.15, 0.2) is 5.82 Å². The van der Waals surface area contributed by atoms with E-state index >= 15 is 0 Å². The average Bonchev–Trinajstić information content (AvgIpc) is 2.89. The molecule has 2 aromatic rings. The Hall–Kier alpha value is -2.54. The first-order chi connectivity index (χ1) is 12.3. The molecule has 0 saturated heterocycles. The molecule has 1 aromatic carbocycles. The summed E-state index contributed by atoms with van der Waals surface area (Å²) in [4.78, 5) is 24.8. The zero-order valence-corrected chi connectivity index (χ0v) is 15.7. The summed E-state index contributed by atoms with van der Waals surface area (Å²) in [6.45, 7) is 7.45. The predicted molar refractivity (Wildman–Crippen MR) is 100 cm³/mol. The number of hydrogen-bond acceptors (Lipinski definition) is 4. The Balaban J connectivity index is 2.61. The Bertz CT molecular complexity index is 826. The standard InChI is InChI=1S/C18H22ClN3O4/c1-4-8-21(9-5-2)16-15(19)11(3)22(20-16)14-7-6-12(17(23)24)10-13(14)18(25)26/h6-7,10H,4-5,8-9H2,1-3H3,(H,23,24)(H,25,26). The minimum atomic E-state index is -1.23. The second kappa shape index (κ2) is 8.23. The van der Waals surface area contributed by atoms with E-state index in [2.05, 4.69) is 23.8 Å². The molecule has 0 radical (unpaired) electrons. The van der Waals surface area contributed by atoms with Gasteiger partial charge in [0.2, 0.25) is 0 Å². The molecule has 0 aliphatic rings. The van der Waals surface area contributed by atoms with Crippen LogP contribution in [0.5, 0.6) is 0 Å². The van der Waals surface area contributed by atoms with Crippen molar-refractivity contribution in [3.63, 3.8) is 0 Å². The van der Waals surface area contributed by atoms with Crippen LogP contribution in [0.25, 0.3) is 5.69 Å². The molecule has 0 spiro atoms. The Morgan fingerprint density at radius 2 is 1.77 bits per heavy atom. The summed E-state index contributed by atoms with van der Waals surface area (Å²) < 4.78 is 1.46. The molecule has 0 unspecified atom stereocenters. The zero-order chi connectivity index (χ0) is 19.4. The third kappa shape index (κ3) is 3.83. The van der Waals surface area contributed by atoms with Gasteiger partial charge in [-0.3, -0.25) is 0 Å². The number of halogens is 1. The second-order valence-electron chi connectivity index (χ2n) is 5.96. The van der Waals surface area contributed by atoms with Gasteiger partial charge in [-0.25, -0.2) is 14.3 Å². The normalized spacial score (nSPS) is 10.8. The highest BCUT2D eigenvalue weighted by Crippen LogP contribution is 2.31. The summed E-state index contributed by atoms with van der Waals surface area (Å²) in [7, 11) is 0. The van der Waals surface area contributed by atoms with Crippen molar-refractivity contribution in [3.05, 3.63) is 40.0 Å². The van der Waals surface area contributed by atoms with E-state index in [1.165, 1.54) is 16.8 Å². The molecule has 0 aliphatic heterocycles. The highest BCUT2D eigenvalue weighted by Gasteiger charge is 2.22. The first kappa shape index (κ1) is 19.8. The van der Waals surface area contributed by atoms with Crippen LogP contribution in [0.2, 0.25) is 5.02 Å². The van der Waals surface area contributed by atoms with Crippen molar-refractivity contribution in [2.45, 2.75) is 33.6 Å². The minimum absolute atomic E-state index is 0.0964. The van der Waals surface area contributed by atoms with E-state index in [0.29, 0.717) is 16.5 Å². The van der Waals surface area contributed by atoms with Crippen molar-refractivity contribution in [2.24, 2.45) is 0 Å². The molecule has 7 nitrogen and oxygen atoms in total. The number of carbonyl (C=O) groups is 2. The number of carboxylic acid groups (broad SMARTS) is 2. The Kier molecular flexibility index (Phi) is 6.26. The molecule has 2 N–H and O–H groups in total. The molecule has 1 heterocycles. The van der Waals surface area contributed by atoms with E-state index in [1.54, 1.807) is 6.92 Å². The van der Waals surface area contributed by atoms with Crippen molar-refractivity contribution in [2.75, 3.05) is 18.0 Å². The van der Waals surface area contributed by atoms with Crippen LogP contribution in [0.4, 0.5) is 5.82 Å². The molecule has 0 amide bonds. The maximum absolute atomic E-state index is 11.6. The van der Waals surface area contributed by atoms with Crippen LogP contribution in [0, 0.1) is 6.92 Å². The number of nitrogens with zero attached hydrogens (tertiary/aromatic N) is 3. The molecular formula is C18H22ClN3O4. The lowest BCUT2D eigenvalue weighted by Gasteiger charge is -2.21. The molecule has 0 fully saturated rings. The number of aromatic nitrogens is 2. The van der Waals surface area contributed by atoms with Crippen molar-refractivity contribution in [1.29, 1.82) is 0 Å². The number of benzene rings is 1. The van der Waals surface area contributed by atoms with Crippen molar-refractivity contribution in [1.82, 2.24) is 9.78 Å². The van der Waals surface area contributed by atoms with Crippen molar-refractivity contribution in [3.8, 4) is 5.69 Å². The molecule has 0 atom stereocenters. The molecule has 140 valence electrons. The lowest BCUT2D eigenvalue weighted by Crippen LogP contribution is -2.25. The van der Waals surface area contributed by atoms with Gasteiger partial charge in [-0.1, -0.05) is 25.4 Å². The fraction of sp³-hybridized carbons (Fsp3) is 0.389. The largest absolute Gasteiger partial charge is 0.478 e. The van der Waals surface area contributed by atoms with Gasteiger partial charge in [0, 0.05) is 13.1 Å². The smallest absolute Gasteiger partial charge is 0.337 e. The van der Waals surface area contributed by atoms with Crippen molar-refractivity contribution >= 4 is 29.4 Å². The Labute approximate surface area is 156 Å². The summed E-state index contributed by atoms with van der Waals surface area (Å²) in [5.74, 6) is -1.81. The highest BCUT2D eigenvalue weighted by molar-refractivity contribution is 6.33.